The lowest BCUT2D eigenvalue weighted by Gasteiger charge is -2.02. The largest absolute Gasteiger partial charge is 0.396 e. The van der Waals surface area contributed by atoms with Gasteiger partial charge in [0.2, 0.25) is 0 Å². The molecule has 0 unspecified atom stereocenters. The molecule has 0 saturated heterocycles. The van der Waals surface area contributed by atoms with Crippen LogP contribution in [0, 0.1) is 0 Å². The molecule has 0 aliphatic carbocycles. The second-order valence-corrected chi connectivity index (χ2v) is 3.98. The molecule has 2 aromatic rings. The molecule has 0 atom stereocenters. The number of hydrogen-bond acceptors (Lipinski definition) is 2. The van der Waals surface area contributed by atoms with Crippen LogP contribution in [0.25, 0.3) is 10.9 Å². The summed E-state index contributed by atoms with van der Waals surface area (Å²) in [6, 6.07) is 8.35. The minimum atomic E-state index is 0.235. The van der Waals surface area contributed by atoms with E-state index in [9.17, 15) is 0 Å². The van der Waals surface area contributed by atoms with Gasteiger partial charge in [-0.15, -0.1) is 0 Å². The van der Waals surface area contributed by atoms with Crippen LogP contribution in [0.4, 0.5) is 0 Å². The summed E-state index contributed by atoms with van der Waals surface area (Å²) in [5.41, 5.74) is 8.15. The number of rotatable bonds is 5. The van der Waals surface area contributed by atoms with E-state index >= 15 is 0 Å². The average molecular weight is 218 g/mol. The zero-order valence-electron chi connectivity index (χ0n) is 9.39. The van der Waals surface area contributed by atoms with Crippen LogP contribution in [0.1, 0.15) is 12.0 Å². The standard InChI is InChI=1S/C13H18N2O/c14-7-6-11-10-15(8-3-9-16)13-5-2-1-4-12(11)13/h1-2,4-5,10,16H,3,6-9,14H2. The second-order valence-electron chi connectivity index (χ2n) is 3.98. The maximum absolute atomic E-state index is 8.88. The zero-order valence-corrected chi connectivity index (χ0v) is 9.39. The fraction of sp³-hybridized carbons (Fsp3) is 0.385. The highest BCUT2D eigenvalue weighted by atomic mass is 16.3. The van der Waals surface area contributed by atoms with E-state index in [1.807, 2.05) is 6.07 Å². The normalized spacial score (nSPS) is 11.1. The molecular formula is C13H18N2O. The Hall–Kier alpha value is -1.32. The molecule has 1 aromatic carbocycles. The summed E-state index contributed by atoms with van der Waals surface area (Å²) < 4.78 is 2.20. The maximum Gasteiger partial charge on any atom is 0.0483 e. The lowest BCUT2D eigenvalue weighted by Crippen LogP contribution is -2.02. The van der Waals surface area contributed by atoms with E-state index < -0.39 is 0 Å². The van der Waals surface area contributed by atoms with Crippen molar-refractivity contribution in [1.29, 1.82) is 0 Å². The predicted molar refractivity (Wildman–Crippen MR) is 66.4 cm³/mol. The van der Waals surface area contributed by atoms with Crippen LogP contribution >= 0.6 is 0 Å². The Morgan fingerprint density at radius 1 is 1.25 bits per heavy atom. The summed E-state index contributed by atoms with van der Waals surface area (Å²) in [5.74, 6) is 0. The quantitative estimate of drug-likeness (QED) is 0.799. The molecule has 0 radical (unpaired) electrons. The maximum atomic E-state index is 8.88. The number of fused-ring (bicyclic) bond motifs is 1. The van der Waals surface area contributed by atoms with Crippen LogP contribution in [0.2, 0.25) is 0 Å². The number of aliphatic hydroxyl groups excluding tert-OH is 1. The molecule has 0 fully saturated rings. The third kappa shape index (κ3) is 2.10. The van der Waals surface area contributed by atoms with Crippen molar-refractivity contribution in [2.24, 2.45) is 5.73 Å². The molecule has 2 rings (SSSR count). The molecule has 3 nitrogen and oxygen atoms in total. The fourth-order valence-electron chi connectivity index (χ4n) is 2.10. The molecule has 0 saturated carbocycles. The van der Waals surface area contributed by atoms with Gasteiger partial charge in [-0.1, -0.05) is 18.2 Å². The SMILES string of the molecule is NCCc1cn(CCCO)c2ccccc12. The number of nitrogens with two attached hydrogens (primary N) is 1. The minimum Gasteiger partial charge on any atom is -0.396 e. The van der Waals surface area contributed by atoms with Crippen LogP contribution in [0.15, 0.2) is 30.5 Å². The van der Waals surface area contributed by atoms with E-state index in [1.54, 1.807) is 0 Å². The van der Waals surface area contributed by atoms with Gasteiger partial charge in [0.1, 0.15) is 0 Å². The van der Waals surface area contributed by atoms with Gasteiger partial charge in [-0.25, -0.2) is 0 Å². The number of aromatic nitrogens is 1. The molecule has 0 bridgehead atoms. The van der Waals surface area contributed by atoms with Crippen LogP contribution in [-0.4, -0.2) is 22.8 Å². The number of aryl methyl sites for hydroxylation is 1. The van der Waals surface area contributed by atoms with Crippen molar-refractivity contribution in [1.82, 2.24) is 4.57 Å². The first kappa shape index (κ1) is 11.2. The average Bonchev–Trinajstić information content (AvgIpc) is 2.66. The first-order chi connectivity index (χ1) is 7.86. The summed E-state index contributed by atoms with van der Waals surface area (Å²) in [4.78, 5) is 0. The second kappa shape index (κ2) is 5.14. The molecule has 0 spiro atoms. The van der Waals surface area contributed by atoms with Crippen molar-refractivity contribution >= 4 is 10.9 Å². The van der Waals surface area contributed by atoms with Crippen molar-refractivity contribution in [3.8, 4) is 0 Å². The van der Waals surface area contributed by atoms with Crippen LogP contribution < -0.4 is 5.73 Å². The summed E-state index contributed by atoms with van der Waals surface area (Å²) >= 11 is 0. The zero-order chi connectivity index (χ0) is 11.4. The van der Waals surface area contributed by atoms with Gasteiger partial charge in [0.15, 0.2) is 0 Å². The van der Waals surface area contributed by atoms with Gasteiger partial charge in [0.05, 0.1) is 0 Å². The highest BCUT2D eigenvalue weighted by Crippen LogP contribution is 2.21. The number of para-hydroxylation sites is 1. The highest BCUT2D eigenvalue weighted by molar-refractivity contribution is 5.84. The first-order valence-corrected chi connectivity index (χ1v) is 5.74. The Kier molecular flexibility index (Phi) is 3.59. The smallest absolute Gasteiger partial charge is 0.0483 e. The van der Waals surface area contributed by atoms with Crippen LogP contribution in [-0.2, 0) is 13.0 Å². The third-order valence-electron chi connectivity index (χ3n) is 2.84. The molecule has 1 aromatic heterocycles. The van der Waals surface area contributed by atoms with Gasteiger partial charge in [-0.05, 0) is 31.0 Å². The van der Waals surface area contributed by atoms with Crippen LogP contribution in [0.5, 0.6) is 0 Å². The van der Waals surface area contributed by atoms with Gasteiger partial charge in [0, 0.05) is 30.3 Å². The van der Waals surface area contributed by atoms with E-state index in [1.165, 1.54) is 16.5 Å². The number of hydrogen-bond donors (Lipinski definition) is 2. The number of benzene rings is 1. The topological polar surface area (TPSA) is 51.2 Å². The lowest BCUT2D eigenvalue weighted by atomic mass is 10.1. The number of nitrogens with zero attached hydrogens (tertiary/aromatic N) is 1. The van der Waals surface area contributed by atoms with E-state index in [4.69, 9.17) is 10.8 Å². The molecule has 0 amide bonds. The number of aliphatic hydroxyl groups is 1. The summed E-state index contributed by atoms with van der Waals surface area (Å²) in [6.07, 6.45) is 3.86. The summed E-state index contributed by atoms with van der Waals surface area (Å²) in [6.45, 7) is 1.77. The molecule has 16 heavy (non-hydrogen) atoms. The molecular weight excluding hydrogens is 200 g/mol. The van der Waals surface area contributed by atoms with E-state index in [0.29, 0.717) is 6.54 Å². The monoisotopic (exact) mass is 218 g/mol. The molecule has 1 heterocycles. The first-order valence-electron chi connectivity index (χ1n) is 5.74. The van der Waals surface area contributed by atoms with Crippen molar-refractivity contribution < 1.29 is 5.11 Å². The fourth-order valence-corrected chi connectivity index (χ4v) is 2.10. The Bertz CT molecular complexity index is 462. The minimum absolute atomic E-state index is 0.235. The van der Waals surface area contributed by atoms with E-state index in [0.717, 1.165) is 19.4 Å². The Morgan fingerprint density at radius 2 is 2.06 bits per heavy atom. The van der Waals surface area contributed by atoms with Crippen molar-refractivity contribution in [3.63, 3.8) is 0 Å². The van der Waals surface area contributed by atoms with E-state index in [-0.39, 0.29) is 6.61 Å². The Labute approximate surface area is 95.5 Å². The van der Waals surface area contributed by atoms with Crippen LogP contribution in [0.3, 0.4) is 0 Å². The van der Waals surface area contributed by atoms with Crippen molar-refractivity contribution in [3.05, 3.63) is 36.0 Å². The Balaban J connectivity index is 2.40. The molecule has 0 aliphatic heterocycles. The van der Waals surface area contributed by atoms with Gasteiger partial charge in [-0.3, -0.25) is 0 Å². The van der Waals surface area contributed by atoms with Gasteiger partial charge >= 0.3 is 0 Å². The van der Waals surface area contributed by atoms with Gasteiger partial charge < -0.3 is 15.4 Å². The lowest BCUT2D eigenvalue weighted by molar-refractivity contribution is 0.280. The molecule has 86 valence electrons. The van der Waals surface area contributed by atoms with Crippen molar-refractivity contribution in [2.45, 2.75) is 19.4 Å². The summed E-state index contributed by atoms with van der Waals surface area (Å²) in [7, 11) is 0. The van der Waals surface area contributed by atoms with Gasteiger partial charge in [0.25, 0.3) is 0 Å². The van der Waals surface area contributed by atoms with Gasteiger partial charge in [-0.2, -0.15) is 0 Å². The highest BCUT2D eigenvalue weighted by Gasteiger charge is 2.06. The summed E-state index contributed by atoms with van der Waals surface area (Å²) in [5, 5.41) is 10.2. The third-order valence-corrected chi connectivity index (χ3v) is 2.84. The Morgan fingerprint density at radius 3 is 2.81 bits per heavy atom. The molecule has 3 N–H and O–H groups in total. The molecule has 3 heteroatoms. The predicted octanol–water partition coefficient (Wildman–Crippen LogP) is 1.52. The molecule has 0 aliphatic rings. The van der Waals surface area contributed by atoms with Crippen molar-refractivity contribution in [2.75, 3.05) is 13.2 Å². The van der Waals surface area contributed by atoms with E-state index in [2.05, 4.69) is 29.0 Å².